The summed E-state index contributed by atoms with van der Waals surface area (Å²) in [5, 5.41) is 15.1. The van der Waals surface area contributed by atoms with Crippen LogP contribution in [0.25, 0.3) is 0 Å². The van der Waals surface area contributed by atoms with Crippen molar-refractivity contribution in [3.63, 3.8) is 0 Å². The first-order chi connectivity index (χ1) is 13.6. The molecule has 0 unspecified atom stereocenters. The van der Waals surface area contributed by atoms with Gasteiger partial charge in [-0.1, -0.05) is 13.3 Å². The van der Waals surface area contributed by atoms with Crippen LogP contribution < -0.4 is 27.9 Å². The molecule has 7 heteroatoms. The quantitative estimate of drug-likeness (QED) is 0.282. The number of carbonyl (C=O) groups is 1. The number of ether oxygens (including phenoxy) is 1. The number of carbonyl (C=O) groups excluding carboxylic acids is 1. The molecule has 0 radical (unpaired) electrons. The summed E-state index contributed by atoms with van der Waals surface area (Å²) in [6.07, 6.45) is 4.35. The Kier molecular flexibility index (Phi) is 14.5. The Morgan fingerprint density at radius 1 is 1.21 bits per heavy atom. The van der Waals surface area contributed by atoms with Crippen molar-refractivity contribution in [3.05, 3.63) is 35.5 Å². The van der Waals surface area contributed by atoms with Crippen molar-refractivity contribution in [1.29, 1.82) is 5.26 Å². The second-order valence-electron chi connectivity index (χ2n) is 6.56. The highest BCUT2D eigenvalue weighted by Crippen LogP contribution is 2.22. The molecule has 29 heavy (non-hydrogen) atoms. The molecule has 0 aliphatic rings. The molecule has 1 amide bonds. The van der Waals surface area contributed by atoms with E-state index in [1.165, 1.54) is 6.20 Å². The van der Waals surface area contributed by atoms with Crippen LogP contribution in [0.2, 0.25) is 0 Å². The number of aryl methyl sites for hydroxylation is 1. The normalized spacial score (nSPS) is 10.7. The molecule has 1 aromatic rings. The van der Waals surface area contributed by atoms with Crippen LogP contribution in [0.3, 0.4) is 0 Å². The van der Waals surface area contributed by atoms with Crippen molar-refractivity contribution < 1.29 is 21.9 Å². The van der Waals surface area contributed by atoms with Gasteiger partial charge in [0.25, 0.3) is 5.91 Å². The van der Waals surface area contributed by atoms with Crippen molar-refractivity contribution in [2.45, 2.75) is 47.0 Å². The van der Waals surface area contributed by atoms with E-state index in [1.54, 1.807) is 0 Å². The predicted molar refractivity (Wildman–Crippen MR) is 115 cm³/mol. The SMILES string of the molecule is CCCCOCCCNC(=O)/C(C#N)=C\Nc1ccc(N(CC)CC)cc1C.[Cl-]. The number of nitrogens with zero attached hydrogens (tertiary/aromatic N) is 2. The van der Waals surface area contributed by atoms with Gasteiger partial charge in [0.2, 0.25) is 0 Å². The summed E-state index contributed by atoms with van der Waals surface area (Å²) < 4.78 is 5.46. The Hall–Kier alpha value is -2.23. The van der Waals surface area contributed by atoms with Gasteiger partial charge in [-0.05, 0) is 57.4 Å². The van der Waals surface area contributed by atoms with Crippen LogP contribution in [0, 0.1) is 18.3 Å². The number of nitrogens with one attached hydrogen (secondary N) is 2. The van der Waals surface area contributed by atoms with Crippen LogP contribution in [0.4, 0.5) is 11.4 Å². The molecule has 0 saturated carbocycles. The minimum Gasteiger partial charge on any atom is -1.00 e. The zero-order valence-electron chi connectivity index (χ0n) is 18.1. The third-order valence-electron chi connectivity index (χ3n) is 4.47. The maximum Gasteiger partial charge on any atom is 0.263 e. The van der Waals surface area contributed by atoms with E-state index in [9.17, 15) is 10.1 Å². The van der Waals surface area contributed by atoms with E-state index in [-0.39, 0.29) is 23.9 Å². The second-order valence-corrected chi connectivity index (χ2v) is 6.56. The minimum atomic E-state index is -0.374. The highest BCUT2D eigenvalue weighted by atomic mass is 35.5. The van der Waals surface area contributed by atoms with E-state index in [4.69, 9.17) is 4.74 Å². The Balaban J connectivity index is 0.00000784. The minimum absolute atomic E-state index is 0. The standard InChI is InChI=1S/C22H34N4O2.ClH/c1-5-8-13-28-14-9-12-24-22(27)19(16-23)17-25-21-11-10-20(15-18(21)4)26(6-2)7-3;/h10-11,15,17,25H,5-9,12-14H2,1-4H3,(H,24,27);1H/p-1/b19-17-;. The van der Waals surface area contributed by atoms with Crippen LogP contribution in [0.15, 0.2) is 30.0 Å². The smallest absolute Gasteiger partial charge is 0.263 e. The van der Waals surface area contributed by atoms with Gasteiger partial charge in [0, 0.05) is 50.4 Å². The third-order valence-corrected chi connectivity index (χ3v) is 4.47. The summed E-state index contributed by atoms with van der Waals surface area (Å²) in [6, 6.07) is 8.08. The maximum atomic E-state index is 12.1. The molecule has 2 N–H and O–H groups in total. The molecule has 0 fully saturated rings. The van der Waals surface area contributed by atoms with Crippen LogP contribution in [-0.4, -0.2) is 38.8 Å². The summed E-state index contributed by atoms with van der Waals surface area (Å²) >= 11 is 0. The van der Waals surface area contributed by atoms with E-state index in [0.29, 0.717) is 13.2 Å². The Labute approximate surface area is 181 Å². The molecular formula is C22H34ClN4O2-. The van der Waals surface area contributed by atoms with Gasteiger partial charge < -0.3 is 32.7 Å². The molecule has 0 aliphatic heterocycles. The lowest BCUT2D eigenvalue weighted by Crippen LogP contribution is -3.00. The van der Waals surface area contributed by atoms with E-state index in [2.05, 4.69) is 42.4 Å². The first kappa shape index (κ1) is 26.8. The average Bonchev–Trinajstić information content (AvgIpc) is 2.70. The van der Waals surface area contributed by atoms with Crippen LogP contribution >= 0.6 is 0 Å². The zero-order valence-corrected chi connectivity index (χ0v) is 18.8. The van der Waals surface area contributed by atoms with Crippen LogP contribution in [0.1, 0.15) is 45.6 Å². The number of rotatable bonds is 13. The number of hydrogen-bond acceptors (Lipinski definition) is 5. The lowest BCUT2D eigenvalue weighted by Gasteiger charge is -2.22. The molecule has 162 valence electrons. The average molecular weight is 422 g/mol. The van der Waals surface area contributed by atoms with Gasteiger partial charge >= 0.3 is 0 Å². The fraction of sp³-hybridized carbons (Fsp3) is 0.545. The van der Waals surface area contributed by atoms with Crippen molar-refractivity contribution in [3.8, 4) is 6.07 Å². The maximum absolute atomic E-state index is 12.1. The molecule has 0 bridgehead atoms. The van der Waals surface area contributed by atoms with E-state index >= 15 is 0 Å². The fourth-order valence-electron chi connectivity index (χ4n) is 2.71. The van der Waals surface area contributed by atoms with E-state index in [0.717, 1.165) is 55.9 Å². The Morgan fingerprint density at radius 2 is 1.90 bits per heavy atom. The van der Waals surface area contributed by atoms with Gasteiger partial charge in [-0.25, -0.2) is 0 Å². The van der Waals surface area contributed by atoms with E-state index < -0.39 is 0 Å². The molecule has 0 saturated heterocycles. The van der Waals surface area contributed by atoms with Gasteiger partial charge in [0.1, 0.15) is 11.6 Å². The van der Waals surface area contributed by atoms with E-state index in [1.807, 2.05) is 25.1 Å². The van der Waals surface area contributed by atoms with Gasteiger partial charge in [-0.2, -0.15) is 5.26 Å². The highest BCUT2D eigenvalue weighted by Gasteiger charge is 2.09. The summed E-state index contributed by atoms with van der Waals surface area (Å²) in [6.45, 7) is 12.1. The number of halogens is 1. The molecule has 0 aromatic heterocycles. The monoisotopic (exact) mass is 421 g/mol. The van der Waals surface area contributed by atoms with Gasteiger partial charge in [-0.3, -0.25) is 4.79 Å². The number of nitriles is 1. The van der Waals surface area contributed by atoms with Gasteiger partial charge in [-0.15, -0.1) is 0 Å². The number of amides is 1. The van der Waals surface area contributed by atoms with Crippen molar-refractivity contribution in [2.75, 3.05) is 43.1 Å². The highest BCUT2D eigenvalue weighted by molar-refractivity contribution is 5.97. The molecular weight excluding hydrogens is 388 g/mol. The first-order valence-corrected chi connectivity index (χ1v) is 10.2. The summed E-state index contributed by atoms with van der Waals surface area (Å²) in [5.74, 6) is -0.374. The summed E-state index contributed by atoms with van der Waals surface area (Å²) in [7, 11) is 0. The summed E-state index contributed by atoms with van der Waals surface area (Å²) in [4.78, 5) is 14.4. The van der Waals surface area contributed by atoms with Crippen molar-refractivity contribution >= 4 is 17.3 Å². The first-order valence-electron chi connectivity index (χ1n) is 10.2. The largest absolute Gasteiger partial charge is 1.00 e. The number of benzene rings is 1. The molecule has 0 atom stereocenters. The number of unbranched alkanes of at least 4 members (excludes halogenated alkanes) is 1. The molecule has 0 spiro atoms. The lowest BCUT2D eigenvalue weighted by molar-refractivity contribution is -0.117. The van der Waals surface area contributed by atoms with Crippen LogP contribution in [-0.2, 0) is 9.53 Å². The summed E-state index contributed by atoms with van der Waals surface area (Å²) in [5.41, 5.74) is 3.15. The Bertz CT molecular complexity index is 682. The molecule has 0 aliphatic carbocycles. The Morgan fingerprint density at radius 3 is 2.48 bits per heavy atom. The molecule has 6 nitrogen and oxygen atoms in total. The van der Waals surface area contributed by atoms with Crippen LogP contribution in [0.5, 0.6) is 0 Å². The third kappa shape index (κ3) is 9.69. The molecule has 0 heterocycles. The number of anilines is 2. The van der Waals surface area contributed by atoms with Gasteiger partial charge in [0.15, 0.2) is 0 Å². The molecule has 1 rings (SSSR count). The number of hydrogen-bond donors (Lipinski definition) is 2. The fourth-order valence-corrected chi connectivity index (χ4v) is 2.71. The second kappa shape index (κ2) is 15.7. The van der Waals surface area contributed by atoms with Gasteiger partial charge in [0.05, 0.1) is 0 Å². The predicted octanol–water partition coefficient (Wildman–Crippen LogP) is 0.988. The topological polar surface area (TPSA) is 77.4 Å². The van der Waals surface area contributed by atoms with Crippen molar-refractivity contribution in [2.24, 2.45) is 0 Å². The molecule has 1 aromatic carbocycles. The lowest BCUT2D eigenvalue weighted by atomic mass is 10.1. The van der Waals surface area contributed by atoms with Crippen molar-refractivity contribution in [1.82, 2.24) is 5.32 Å². The zero-order chi connectivity index (χ0) is 20.8.